The average molecular weight is 360 g/mol. The van der Waals surface area contributed by atoms with E-state index in [2.05, 4.69) is 55.5 Å². The zero-order valence-electron chi connectivity index (χ0n) is 11.5. The van der Waals surface area contributed by atoms with Gasteiger partial charge in [0.2, 0.25) is 0 Å². The van der Waals surface area contributed by atoms with Crippen molar-refractivity contribution in [1.29, 1.82) is 0 Å². The minimum absolute atomic E-state index is 0.861. The highest BCUT2D eigenvalue weighted by atomic mass is 79.9. The van der Waals surface area contributed by atoms with Gasteiger partial charge in [0.25, 0.3) is 0 Å². The summed E-state index contributed by atoms with van der Waals surface area (Å²) < 4.78 is 1.09. The summed E-state index contributed by atoms with van der Waals surface area (Å²) in [5, 5.41) is 5.21. The number of fused-ring (bicyclic) bond motifs is 1. The first-order valence-electron chi connectivity index (χ1n) is 6.58. The molecule has 1 heterocycles. The first-order valence-corrected chi connectivity index (χ1v) is 8.19. The molecule has 0 amide bonds. The van der Waals surface area contributed by atoms with E-state index >= 15 is 0 Å². The van der Waals surface area contributed by atoms with E-state index in [1.807, 2.05) is 25.2 Å². The van der Waals surface area contributed by atoms with Crippen LogP contribution in [0.4, 0.5) is 0 Å². The quantitative estimate of drug-likeness (QED) is 0.706. The average Bonchev–Trinajstić information content (AvgIpc) is 2.51. The van der Waals surface area contributed by atoms with Gasteiger partial charge in [-0.25, -0.2) is 9.97 Å². The van der Waals surface area contributed by atoms with Crippen LogP contribution < -0.4 is 5.32 Å². The molecule has 0 unspecified atom stereocenters. The van der Waals surface area contributed by atoms with Crippen LogP contribution in [0.5, 0.6) is 0 Å². The molecule has 106 valence electrons. The molecular weight excluding hydrogens is 346 g/mol. The van der Waals surface area contributed by atoms with Crippen LogP contribution in [0, 0.1) is 0 Å². The van der Waals surface area contributed by atoms with E-state index in [0.717, 1.165) is 31.8 Å². The van der Waals surface area contributed by atoms with Crippen molar-refractivity contribution in [3.8, 4) is 0 Å². The van der Waals surface area contributed by atoms with Crippen molar-refractivity contribution < 1.29 is 0 Å². The lowest BCUT2D eigenvalue weighted by Crippen LogP contribution is -2.04. The van der Waals surface area contributed by atoms with E-state index in [1.54, 1.807) is 18.1 Å². The predicted molar refractivity (Wildman–Crippen MR) is 90.6 cm³/mol. The van der Waals surface area contributed by atoms with E-state index in [4.69, 9.17) is 0 Å². The van der Waals surface area contributed by atoms with Crippen LogP contribution in [0.2, 0.25) is 0 Å². The molecule has 0 bridgehead atoms. The smallest absolute Gasteiger partial charge is 0.117 e. The van der Waals surface area contributed by atoms with Gasteiger partial charge in [-0.3, -0.25) is 0 Å². The Bertz CT molecular complexity index is 771. The number of nitrogens with one attached hydrogen (secondary N) is 1. The summed E-state index contributed by atoms with van der Waals surface area (Å²) in [5.74, 6) is 0. The number of para-hydroxylation sites is 1. The third kappa shape index (κ3) is 3.26. The van der Waals surface area contributed by atoms with Gasteiger partial charge in [0.15, 0.2) is 0 Å². The van der Waals surface area contributed by atoms with Gasteiger partial charge in [-0.15, -0.1) is 0 Å². The molecular formula is C16H14BrN3S. The lowest BCUT2D eigenvalue weighted by Gasteiger charge is -2.08. The van der Waals surface area contributed by atoms with Crippen LogP contribution in [-0.2, 0) is 6.54 Å². The predicted octanol–water partition coefficient (Wildman–Crippen LogP) is 4.26. The van der Waals surface area contributed by atoms with Crippen molar-refractivity contribution in [3.05, 3.63) is 58.8 Å². The minimum atomic E-state index is 0.861. The molecule has 0 atom stereocenters. The molecule has 0 aliphatic rings. The fourth-order valence-electron chi connectivity index (χ4n) is 2.11. The molecule has 0 saturated heterocycles. The van der Waals surface area contributed by atoms with Crippen molar-refractivity contribution in [2.75, 3.05) is 7.05 Å². The van der Waals surface area contributed by atoms with Crippen LogP contribution in [-0.4, -0.2) is 17.0 Å². The molecule has 5 heteroatoms. The molecule has 1 aromatic heterocycles. The van der Waals surface area contributed by atoms with Crippen molar-refractivity contribution in [2.24, 2.45) is 0 Å². The number of hydrogen-bond donors (Lipinski definition) is 1. The molecule has 21 heavy (non-hydrogen) atoms. The van der Waals surface area contributed by atoms with Crippen molar-refractivity contribution >= 4 is 38.6 Å². The number of hydrogen-bond acceptors (Lipinski definition) is 4. The monoisotopic (exact) mass is 359 g/mol. The van der Waals surface area contributed by atoms with E-state index < -0.39 is 0 Å². The Hall–Kier alpha value is -1.43. The second-order valence-electron chi connectivity index (χ2n) is 4.59. The molecule has 2 aromatic carbocycles. The highest BCUT2D eigenvalue weighted by Gasteiger charge is 2.08. The summed E-state index contributed by atoms with van der Waals surface area (Å²) in [6, 6.07) is 14.5. The van der Waals surface area contributed by atoms with Gasteiger partial charge < -0.3 is 5.32 Å². The number of rotatable bonds is 4. The Labute approximate surface area is 136 Å². The van der Waals surface area contributed by atoms with Gasteiger partial charge in [-0.05, 0) is 46.7 Å². The summed E-state index contributed by atoms with van der Waals surface area (Å²) in [6.45, 7) is 0.861. The maximum Gasteiger partial charge on any atom is 0.117 e. The van der Waals surface area contributed by atoms with Gasteiger partial charge in [0.1, 0.15) is 11.4 Å². The zero-order chi connectivity index (χ0) is 14.7. The third-order valence-electron chi connectivity index (χ3n) is 3.09. The maximum absolute atomic E-state index is 4.42. The summed E-state index contributed by atoms with van der Waals surface area (Å²) in [5.41, 5.74) is 2.22. The molecule has 0 radical (unpaired) electrons. The molecule has 0 aliphatic heterocycles. The third-order valence-corrected chi connectivity index (χ3v) is 5.10. The first-order chi connectivity index (χ1) is 10.3. The Morgan fingerprint density at radius 1 is 1.14 bits per heavy atom. The van der Waals surface area contributed by atoms with Crippen LogP contribution in [0.25, 0.3) is 10.9 Å². The summed E-state index contributed by atoms with van der Waals surface area (Å²) >= 11 is 5.30. The molecule has 0 spiro atoms. The summed E-state index contributed by atoms with van der Waals surface area (Å²) in [4.78, 5) is 9.87. The molecule has 3 rings (SSSR count). The second kappa shape index (κ2) is 6.56. The van der Waals surface area contributed by atoms with Gasteiger partial charge in [-0.2, -0.15) is 0 Å². The van der Waals surface area contributed by atoms with E-state index in [1.165, 1.54) is 5.56 Å². The van der Waals surface area contributed by atoms with Gasteiger partial charge >= 0.3 is 0 Å². The van der Waals surface area contributed by atoms with Gasteiger partial charge in [0.05, 0.1) is 5.52 Å². The Kier molecular flexibility index (Phi) is 4.53. The van der Waals surface area contributed by atoms with Crippen LogP contribution >= 0.6 is 27.7 Å². The molecule has 3 aromatic rings. The Balaban J connectivity index is 1.95. The number of halogens is 1. The SMILES string of the molecule is CNCc1ccc(Sc2ncnc3ccccc23)c(Br)c1. The van der Waals surface area contributed by atoms with Crippen LogP contribution in [0.3, 0.4) is 0 Å². The lowest BCUT2D eigenvalue weighted by molar-refractivity contribution is 0.816. The number of aromatic nitrogens is 2. The fraction of sp³-hybridized carbons (Fsp3) is 0.125. The largest absolute Gasteiger partial charge is 0.316 e. The summed E-state index contributed by atoms with van der Waals surface area (Å²) in [7, 11) is 1.95. The van der Waals surface area contributed by atoms with Crippen molar-refractivity contribution in [2.45, 2.75) is 16.5 Å². The molecule has 0 aliphatic carbocycles. The zero-order valence-corrected chi connectivity index (χ0v) is 13.9. The topological polar surface area (TPSA) is 37.8 Å². The highest BCUT2D eigenvalue weighted by molar-refractivity contribution is 9.10. The highest BCUT2D eigenvalue weighted by Crippen LogP contribution is 2.35. The van der Waals surface area contributed by atoms with Crippen molar-refractivity contribution in [3.63, 3.8) is 0 Å². The van der Waals surface area contributed by atoms with Gasteiger partial charge in [0, 0.05) is 21.3 Å². The maximum atomic E-state index is 4.42. The lowest BCUT2D eigenvalue weighted by atomic mass is 10.2. The van der Waals surface area contributed by atoms with Crippen LogP contribution in [0.15, 0.2) is 63.2 Å². The number of benzene rings is 2. The van der Waals surface area contributed by atoms with Crippen molar-refractivity contribution in [1.82, 2.24) is 15.3 Å². The molecule has 3 nitrogen and oxygen atoms in total. The molecule has 0 saturated carbocycles. The number of nitrogens with zero attached hydrogens (tertiary/aromatic N) is 2. The standard InChI is InChI=1S/C16H14BrN3S/c1-18-9-11-6-7-15(13(17)8-11)21-16-12-4-2-3-5-14(12)19-10-20-16/h2-8,10,18H,9H2,1H3. The first kappa shape index (κ1) is 14.5. The fourth-order valence-corrected chi connectivity index (χ4v) is 3.66. The Morgan fingerprint density at radius 3 is 2.81 bits per heavy atom. The second-order valence-corrected chi connectivity index (χ2v) is 6.48. The summed E-state index contributed by atoms with van der Waals surface area (Å²) in [6.07, 6.45) is 1.62. The normalized spacial score (nSPS) is 11.0. The molecule has 1 N–H and O–H groups in total. The van der Waals surface area contributed by atoms with E-state index in [-0.39, 0.29) is 0 Å². The van der Waals surface area contributed by atoms with E-state index in [9.17, 15) is 0 Å². The van der Waals surface area contributed by atoms with Gasteiger partial charge in [-0.1, -0.05) is 36.0 Å². The van der Waals surface area contributed by atoms with Crippen LogP contribution in [0.1, 0.15) is 5.56 Å². The molecule has 0 fully saturated rings. The minimum Gasteiger partial charge on any atom is -0.316 e. The van der Waals surface area contributed by atoms with E-state index in [0.29, 0.717) is 0 Å². The Morgan fingerprint density at radius 2 is 2.00 bits per heavy atom.